The number of nitrogens with one attached hydrogen (secondary N) is 1. The number of aliphatic hydroxyl groups excluding tert-OH is 2. The summed E-state index contributed by atoms with van der Waals surface area (Å²) in [6.07, 6.45) is 12.3. The smallest absolute Gasteiger partial charge is 0.247 e. The van der Waals surface area contributed by atoms with Crippen molar-refractivity contribution in [3.63, 3.8) is 0 Å². The quantitative estimate of drug-likeness (QED) is 0.102. The van der Waals surface area contributed by atoms with Gasteiger partial charge in [-0.25, -0.2) is 0 Å². The highest BCUT2D eigenvalue weighted by Gasteiger charge is 2.53. The summed E-state index contributed by atoms with van der Waals surface area (Å²) in [5.41, 5.74) is 0.858. The lowest BCUT2D eigenvalue weighted by molar-refractivity contribution is -0.147. The maximum absolute atomic E-state index is 14.2. The van der Waals surface area contributed by atoms with Gasteiger partial charge >= 0.3 is 0 Å². The molecule has 45 heavy (non-hydrogen) atoms. The predicted molar refractivity (Wildman–Crippen MR) is 179 cm³/mol. The van der Waals surface area contributed by atoms with Gasteiger partial charge in [-0.05, 0) is 122 Å². The largest absolute Gasteiger partial charge is 0.493 e. The Hall–Kier alpha value is -2.44. The van der Waals surface area contributed by atoms with Gasteiger partial charge in [0.1, 0.15) is 18.5 Å². The van der Waals surface area contributed by atoms with Crippen LogP contribution in [0.1, 0.15) is 81.0 Å². The molecule has 4 bridgehead atoms. The van der Waals surface area contributed by atoms with Gasteiger partial charge in [0.2, 0.25) is 11.8 Å². The third kappa shape index (κ3) is 7.76. The van der Waals surface area contributed by atoms with Crippen LogP contribution in [-0.4, -0.2) is 78.3 Å². The molecule has 4 saturated carbocycles. The van der Waals surface area contributed by atoms with Gasteiger partial charge < -0.3 is 29.9 Å². The number of allylic oxidation sites excluding steroid dienone is 1. The van der Waals surface area contributed by atoms with Gasteiger partial charge in [0.25, 0.3) is 0 Å². The van der Waals surface area contributed by atoms with E-state index < -0.39 is 18.2 Å². The Morgan fingerprint density at radius 3 is 2.44 bits per heavy atom. The van der Waals surface area contributed by atoms with Gasteiger partial charge in [0.15, 0.2) is 11.5 Å². The highest BCUT2D eigenvalue weighted by Crippen LogP contribution is 2.60. The van der Waals surface area contributed by atoms with E-state index in [4.69, 9.17) is 9.47 Å². The van der Waals surface area contributed by atoms with Crippen molar-refractivity contribution in [3.8, 4) is 11.5 Å². The minimum atomic E-state index is -1.11. The standard InChI is InChI=1S/C35H47IN2O7/c1-3-4-5-6-7-31(41)38(21-35-17-22-10-23(18-35)12-24(11-22)19-35)28-15-26(34(43)37-8-9-39)16-29(32(28)42)45-33-27(36)13-25(20-40)14-30(33)44-2/h3,13-14,16,20,22-24,28-29,32,39,42H,1,4-12,15,17-19,21H2,2H3,(H,37,43). The third-order valence-corrected chi connectivity index (χ3v) is 11.1. The second-order valence-corrected chi connectivity index (χ2v) is 14.8. The number of hydrogen-bond donors (Lipinski definition) is 3. The van der Waals surface area contributed by atoms with Crippen molar-refractivity contribution < 1.29 is 34.1 Å². The Morgan fingerprint density at radius 2 is 1.84 bits per heavy atom. The second-order valence-electron chi connectivity index (χ2n) is 13.6. The number of halogens is 1. The number of benzene rings is 1. The van der Waals surface area contributed by atoms with E-state index in [9.17, 15) is 24.6 Å². The summed E-state index contributed by atoms with van der Waals surface area (Å²) in [4.78, 5) is 40.9. The number of hydrogen-bond acceptors (Lipinski definition) is 7. The Kier molecular flexibility index (Phi) is 11.3. The molecule has 3 unspecified atom stereocenters. The number of carbonyl (C=O) groups is 3. The summed E-state index contributed by atoms with van der Waals surface area (Å²) < 4.78 is 12.6. The van der Waals surface area contributed by atoms with E-state index in [1.165, 1.54) is 26.4 Å². The molecule has 5 aliphatic rings. The molecular weight excluding hydrogens is 687 g/mol. The third-order valence-electron chi connectivity index (χ3n) is 10.3. The Balaban J connectivity index is 1.48. The van der Waals surface area contributed by atoms with Gasteiger partial charge in [-0.1, -0.05) is 6.08 Å². The lowest BCUT2D eigenvalue weighted by atomic mass is 9.49. The van der Waals surface area contributed by atoms with E-state index in [0.717, 1.165) is 44.8 Å². The van der Waals surface area contributed by atoms with Gasteiger partial charge in [-0.15, -0.1) is 6.58 Å². The molecule has 5 aliphatic carbocycles. The molecule has 3 N–H and O–H groups in total. The van der Waals surface area contributed by atoms with E-state index in [2.05, 4.69) is 34.5 Å². The van der Waals surface area contributed by atoms with Crippen molar-refractivity contribution in [1.82, 2.24) is 10.2 Å². The summed E-state index contributed by atoms with van der Waals surface area (Å²) in [6.45, 7) is 4.27. The highest BCUT2D eigenvalue weighted by atomic mass is 127. The van der Waals surface area contributed by atoms with Crippen molar-refractivity contribution in [3.05, 3.63) is 45.6 Å². The average Bonchev–Trinajstić information content (AvgIpc) is 3.01. The molecule has 0 heterocycles. The number of amides is 2. The van der Waals surface area contributed by atoms with E-state index in [0.29, 0.717) is 56.9 Å². The van der Waals surface area contributed by atoms with Crippen LogP contribution in [0.15, 0.2) is 36.4 Å². The molecule has 4 fully saturated rings. The van der Waals surface area contributed by atoms with Crippen LogP contribution in [0.5, 0.6) is 11.5 Å². The second kappa shape index (κ2) is 15.0. The topological polar surface area (TPSA) is 125 Å². The summed E-state index contributed by atoms with van der Waals surface area (Å²) in [6, 6.07) is 2.57. The molecular formula is C35H47IN2O7. The number of ether oxygens (including phenoxy) is 2. The number of methoxy groups -OCH3 is 1. The molecule has 0 radical (unpaired) electrons. The van der Waals surface area contributed by atoms with E-state index in [1.54, 1.807) is 18.2 Å². The van der Waals surface area contributed by atoms with Crippen LogP contribution in [-0.2, 0) is 9.59 Å². The Labute approximate surface area is 279 Å². The molecule has 3 atom stereocenters. The fourth-order valence-electron chi connectivity index (χ4n) is 8.78. The molecule has 10 heteroatoms. The van der Waals surface area contributed by atoms with Crippen LogP contribution in [0.3, 0.4) is 0 Å². The molecule has 6 rings (SSSR count). The number of aliphatic hydroxyl groups is 2. The fraction of sp³-hybridized carbons (Fsp3) is 0.629. The molecule has 2 amide bonds. The molecule has 9 nitrogen and oxygen atoms in total. The lowest BCUT2D eigenvalue weighted by Gasteiger charge is -2.58. The predicted octanol–water partition coefficient (Wildman–Crippen LogP) is 4.82. The molecule has 246 valence electrons. The lowest BCUT2D eigenvalue weighted by Crippen LogP contribution is -2.59. The van der Waals surface area contributed by atoms with Crippen LogP contribution in [0.4, 0.5) is 0 Å². The van der Waals surface area contributed by atoms with Gasteiger partial charge in [0.05, 0.1) is 23.3 Å². The fourth-order valence-corrected chi connectivity index (χ4v) is 9.53. The maximum atomic E-state index is 14.2. The zero-order valence-electron chi connectivity index (χ0n) is 26.2. The summed E-state index contributed by atoms with van der Waals surface area (Å²) in [5.74, 6) is 2.44. The van der Waals surface area contributed by atoms with Crippen LogP contribution >= 0.6 is 22.6 Å². The first-order valence-electron chi connectivity index (χ1n) is 16.4. The van der Waals surface area contributed by atoms with Gasteiger partial charge in [-0.2, -0.15) is 0 Å². The van der Waals surface area contributed by atoms with Crippen LogP contribution in [0.25, 0.3) is 0 Å². The number of unbranched alkanes of at least 4 members (excludes halogenated alkanes) is 2. The minimum Gasteiger partial charge on any atom is -0.493 e. The zero-order chi connectivity index (χ0) is 32.1. The van der Waals surface area contributed by atoms with E-state index in [1.807, 2.05) is 11.0 Å². The summed E-state index contributed by atoms with van der Waals surface area (Å²) >= 11 is 2.06. The molecule has 1 aromatic rings. The number of rotatable bonds is 15. The van der Waals surface area contributed by atoms with E-state index in [-0.39, 0.29) is 36.8 Å². The molecule has 0 aromatic heterocycles. The van der Waals surface area contributed by atoms with Crippen molar-refractivity contribution in [2.24, 2.45) is 23.2 Å². The maximum Gasteiger partial charge on any atom is 0.247 e. The van der Waals surface area contributed by atoms with Gasteiger partial charge in [-0.3, -0.25) is 14.4 Å². The number of nitrogens with zero attached hydrogens (tertiary/aromatic N) is 1. The van der Waals surface area contributed by atoms with Crippen LogP contribution < -0.4 is 14.8 Å². The SMILES string of the molecule is C=CCCCCC(=O)N(CC12CC3CC(CC(C3)C1)C2)C1CC(C(=O)NCCO)=CC(Oc2c(I)cc(C=O)cc2OC)C1O. The molecule has 0 aliphatic heterocycles. The first-order chi connectivity index (χ1) is 21.7. The number of aldehydes is 1. The van der Waals surface area contributed by atoms with Crippen molar-refractivity contribution in [1.29, 1.82) is 0 Å². The molecule has 0 saturated heterocycles. The Bertz CT molecular complexity index is 1260. The first kappa shape index (κ1) is 33.9. The van der Waals surface area contributed by atoms with Crippen molar-refractivity contribution in [2.75, 3.05) is 26.8 Å². The molecule has 1 aromatic carbocycles. The average molecular weight is 735 g/mol. The Morgan fingerprint density at radius 1 is 1.16 bits per heavy atom. The van der Waals surface area contributed by atoms with Gasteiger partial charge in [0, 0.05) is 37.1 Å². The van der Waals surface area contributed by atoms with Crippen LogP contribution in [0, 0.1) is 26.7 Å². The molecule has 0 spiro atoms. The highest BCUT2D eigenvalue weighted by molar-refractivity contribution is 14.1. The van der Waals surface area contributed by atoms with E-state index >= 15 is 0 Å². The van der Waals surface area contributed by atoms with Crippen molar-refractivity contribution in [2.45, 2.75) is 88.9 Å². The summed E-state index contributed by atoms with van der Waals surface area (Å²) in [5, 5.41) is 24.1. The van der Waals surface area contributed by atoms with Crippen LogP contribution in [0.2, 0.25) is 0 Å². The monoisotopic (exact) mass is 734 g/mol. The zero-order valence-corrected chi connectivity index (χ0v) is 28.4. The summed E-state index contributed by atoms with van der Waals surface area (Å²) in [7, 11) is 1.48. The first-order valence-corrected chi connectivity index (χ1v) is 17.4. The normalized spacial score (nSPS) is 29.9. The number of carbonyl (C=O) groups excluding carboxylic acids is 3. The minimum absolute atomic E-state index is 0.00267. The van der Waals surface area contributed by atoms with Crippen molar-refractivity contribution >= 4 is 40.7 Å².